The standard InChI is InChI=1S/C13H14N3/c1-10-8-12(9-14)4-5-13(10)16-7-6-15(3)11(16)2/h4-8H,1-3H3/q+1. The zero-order valence-corrected chi connectivity index (χ0v) is 9.73. The van der Waals surface area contributed by atoms with E-state index in [9.17, 15) is 0 Å². The second-order valence-corrected chi connectivity index (χ2v) is 3.94. The molecule has 80 valence electrons. The third-order valence-corrected chi connectivity index (χ3v) is 2.88. The van der Waals surface area contributed by atoms with Crippen molar-refractivity contribution in [1.29, 1.82) is 5.26 Å². The van der Waals surface area contributed by atoms with Crippen molar-refractivity contribution in [3.8, 4) is 11.8 Å². The Labute approximate surface area is 95.2 Å². The van der Waals surface area contributed by atoms with E-state index < -0.39 is 0 Å². The second-order valence-electron chi connectivity index (χ2n) is 3.94. The zero-order chi connectivity index (χ0) is 11.7. The summed E-state index contributed by atoms with van der Waals surface area (Å²) in [6.07, 6.45) is 4.05. The fraction of sp³-hybridized carbons (Fsp3) is 0.231. The summed E-state index contributed by atoms with van der Waals surface area (Å²) in [5.74, 6) is 1.16. The Bertz CT molecular complexity index is 573. The number of imidazole rings is 1. The molecule has 2 aromatic rings. The first-order valence-electron chi connectivity index (χ1n) is 5.18. The van der Waals surface area contributed by atoms with Crippen LogP contribution in [-0.4, -0.2) is 4.57 Å². The van der Waals surface area contributed by atoms with Crippen LogP contribution in [0.3, 0.4) is 0 Å². The molecule has 3 heteroatoms. The molecular formula is C13H14N3+. The van der Waals surface area contributed by atoms with Gasteiger partial charge in [0.2, 0.25) is 0 Å². The molecule has 0 atom stereocenters. The number of hydrogen-bond acceptors (Lipinski definition) is 1. The van der Waals surface area contributed by atoms with Gasteiger partial charge in [0.05, 0.1) is 18.7 Å². The maximum atomic E-state index is 8.82. The van der Waals surface area contributed by atoms with Gasteiger partial charge in [-0.2, -0.15) is 9.83 Å². The van der Waals surface area contributed by atoms with E-state index in [4.69, 9.17) is 5.26 Å². The number of nitrogens with zero attached hydrogens (tertiary/aromatic N) is 3. The number of aryl methyl sites for hydroxylation is 2. The molecule has 0 aliphatic carbocycles. The lowest BCUT2D eigenvalue weighted by Crippen LogP contribution is -2.29. The first-order chi connectivity index (χ1) is 7.63. The van der Waals surface area contributed by atoms with Crippen molar-refractivity contribution >= 4 is 0 Å². The van der Waals surface area contributed by atoms with Crippen LogP contribution in [0.2, 0.25) is 0 Å². The molecule has 0 N–H and O–H groups in total. The first-order valence-corrected chi connectivity index (χ1v) is 5.18. The van der Waals surface area contributed by atoms with E-state index in [0.717, 1.165) is 17.1 Å². The number of aromatic nitrogens is 2. The lowest BCUT2D eigenvalue weighted by molar-refractivity contribution is -0.677. The van der Waals surface area contributed by atoms with Crippen molar-refractivity contribution < 1.29 is 4.57 Å². The highest BCUT2D eigenvalue weighted by molar-refractivity contribution is 5.46. The zero-order valence-electron chi connectivity index (χ0n) is 9.73. The fourth-order valence-electron chi connectivity index (χ4n) is 1.80. The van der Waals surface area contributed by atoms with E-state index in [1.54, 1.807) is 0 Å². The van der Waals surface area contributed by atoms with E-state index >= 15 is 0 Å². The second kappa shape index (κ2) is 3.82. The molecule has 0 amide bonds. The number of benzene rings is 1. The average Bonchev–Trinajstić information content (AvgIpc) is 2.60. The normalized spacial score (nSPS) is 10.1. The van der Waals surface area contributed by atoms with Gasteiger partial charge in [-0.1, -0.05) is 0 Å². The van der Waals surface area contributed by atoms with Crippen molar-refractivity contribution in [3.05, 3.63) is 47.5 Å². The number of rotatable bonds is 1. The van der Waals surface area contributed by atoms with Gasteiger partial charge in [0.15, 0.2) is 0 Å². The van der Waals surface area contributed by atoms with Crippen LogP contribution in [0.15, 0.2) is 30.6 Å². The lowest BCUT2D eigenvalue weighted by Gasteiger charge is -2.03. The summed E-state index contributed by atoms with van der Waals surface area (Å²) < 4.78 is 4.19. The SMILES string of the molecule is Cc1cc(C#N)ccc1-n1cc[n+](C)c1C. The molecule has 1 aromatic heterocycles. The van der Waals surface area contributed by atoms with Crippen molar-refractivity contribution in [1.82, 2.24) is 4.57 Å². The van der Waals surface area contributed by atoms with Crippen LogP contribution in [-0.2, 0) is 7.05 Å². The third kappa shape index (κ3) is 1.59. The summed E-state index contributed by atoms with van der Waals surface area (Å²) in [5.41, 5.74) is 2.94. The molecule has 3 nitrogen and oxygen atoms in total. The minimum Gasteiger partial charge on any atom is -0.237 e. The topological polar surface area (TPSA) is 32.6 Å². The van der Waals surface area contributed by atoms with Crippen LogP contribution in [0.4, 0.5) is 0 Å². The number of hydrogen-bond donors (Lipinski definition) is 0. The lowest BCUT2D eigenvalue weighted by atomic mass is 10.1. The molecule has 0 bridgehead atoms. The highest BCUT2D eigenvalue weighted by Gasteiger charge is 2.13. The molecule has 0 aliphatic rings. The molecule has 0 saturated carbocycles. The van der Waals surface area contributed by atoms with Gasteiger partial charge in [-0.15, -0.1) is 0 Å². The Kier molecular flexibility index (Phi) is 2.49. The van der Waals surface area contributed by atoms with E-state index in [-0.39, 0.29) is 0 Å². The van der Waals surface area contributed by atoms with Crippen molar-refractivity contribution in [2.75, 3.05) is 0 Å². The first kappa shape index (κ1) is 10.4. The smallest absolute Gasteiger partial charge is 0.237 e. The Morgan fingerprint density at radius 2 is 2.06 bits per heavy atom. The van der Waals surface area contributed by atoms with Crippen molar-refractivity contribution in [3.63, 3.8) is 0 Å². The summed E-state index contributed by atoms with van der Waals surface area (Å²) in [6.45, 7) is 4.09. The number of nitriles is 1. The summed E-state index contributed by atoms with van der Waals surface area (Å²) >= 11 is 0. The monoisotopic (exact) mass is 212 g/mol. The van der Waals surface area contributed by atoms with Crippen LogP contribution in [0, 0.1) is 25.2 Å². The minimum atomic E-state index is 0.704. The highest BCUT2D eigenvalue weighted by Crippen LogP contribution is 2.16. The van der Waals surface area contributed by atoms with Crippen LogP contribution in [0.5, 0.6) is 0 Å². The van der Waals surface area contributed by atoms with Gasteiger partial charge in [0.1, 0.15) is 18.1 Å². The maximum Gasteiger partial charge on any atom is 0.258 e. The predicted molar refractivity (Wildman–Crippen MR) is 61.1 cm³/mol. The quantitative estimate of drug-likeness (QED) is 0.663. The summed E-state index contributed by atoms with van der Waals surface area (Å²) in [7, 11) is 2.02. The van der Waals surface area contributed by atoms with E-state index in [1.165, 1.54) is 0 Å². The van der Waals surface area contributed by atoms with Gasteiger partial charge in [-0.05, 0) is 30.7 Å². The van der Waals surface area contributed by atoms with Crippen LogP contribution in [0.1, 0.15) is 17.0 Å². The summed E-state index contributed by atoms with van der Waals surface area (Å²) in [4.78, 5) is 0. The predicted octanol–water partition coefficient (Wildman–Crippen LogP) is 1.79. The van der Waals surface area contributed by atoms with Gasteiger partial charge in [-0.25, -0.2) is 4.57 Å². The third-order valence-electron chi connectivity index (χ3n) is 2.88. The Morgan fingerprint density at radius 1 is 1.31 bits per heavy atom. The molecule has 0 fully saturated rings. The molecule has 1 aromatic carbocycles. The maximum absolute atomic E-state index is 8.82. The Morgan fingerprint density at radius 3 is 2.56 bits per heavy atom. The molecule has 2 rings (SSSR count). The molecule has 0 spiro atoms. The summed E-state index contributed by atoms with van der Waals surface area (Å²) in [6, 6.07) is 7.90. The van der Waals surface area contributed by atoms with Crippen molar-refractivity contribution in [2.45, 2.75) is 13.8 Å². The van der Waals surface area contributed by atoms with Gasteiger partial charge in [-0.3, -0.25) is 0 Å². The Balaban J connectivity index is 2.58. The van der Waals surface area contributed by atoms with Crippen LogP contribution >= 0.6 is 0 Å². The van der Waals surface area contributed by atoms with Crippen LogP contribution < -0.4 is 4.57 Å². The van der Waals surface area contributed by atoms with Crippen LogP contribution in [0.25, 0.3) is 5.69 Å². The van der Waals surface area contributed by atoms with E-state index in [2.05, 4.69) is 22.1 Å². The van der Waals surface area contributed by atoms with Gasteiger partial charge >= 0.3 is 0 Å². The molecule has 0 aliphatic heterocycles. The summed E-state index contributed by atoms with van der Waals surface area (Å²) in [5, 5.41) is 8.82. The molecule has 0 radical (unpaired) electrons. The van der Waals surface area contributed by atoms with Crippen molar-refractivity contribution in [2.24, 2.45) is 7.05 Å². The molecule has 0 saturated heterocycles. The average molecular weight is 212 g/mol. The van der Waals surface area contributed by atoms with E-state index in [0.29, 0.717) is 5.56 Å². The minimum absolute atomic E-state index is 0.704. The molecular weight excluding hydrogens is 198 g/mol. The van der Waals surface area contributed by atoms with Gasteiger partial charge in [0.25, 0.3) is 5.82 Å². The van der Waals surface area contributed by atoms with Gasteiger partial charge < -0.3 is 0 Å². The van der Waals surface area contributed by atoms with Gasteiger partial charge in [0, 0.05) is 6.92 Å². The molecule has 16 heavy (non-hydrogen) atoms. The largest absolute Gasteiger partial charge is 0.258 e. The Hall–Kier alpha value is -2.08. The molecule has 0 unspecified atom stereocenters. The van der Waals surface area contributed by atoms with E-state index in [1.807, 2.05) is 44.6 Å². The fourth-order valence-corrected chi connectivity index (χ4v) is 1.80. The molecule has 1 heterocycles. The highest BCUT2D eigenvalue weighted by atomic mass is 15.1.